The van der Waals surface area contributed by atoms with E-state index in [-0.39, 0.29) is 12.4 Å². The molecule has 13 heavy (non-hydrogen) atoms. The molecule has 0 bridgehead atoms. The lowest BCUT2D eigenvalue weighted by Crippen LogP contribution is -2.10. The third kappa shape index (κ3) is 4.35. The van der Waals surface area contributed by atoms with Crippen LogP contribution in [0.4, 0.5) is 0 Å². The van der Waals surface area contributed by atoms with Crippen LogP contribution in [0.5, 0.6) is 5.75 Å². The minimum atomic E-state index is 0. The van der Waals surface area contributed by atoms with Crippen molar-refractivity contribution in [3.63, 3.8) is 0 Å². The number of halogens is 3. The van der Waals surface area contributed by atoms with Gasteiger partial charge in [0, 0.05) is 10.1 Å². The average molecular weight is 334 g/mol. The molecule has 0 aliphatic rings. The molecule has 0 heterocycles. The van der Waals surface area contributed by atoms with Gasteiger partial charge in [-0.2, -0.15) is 0 Å². The summed E-state index contributed by atoms with van der Waals surface area (Å²) in [7, 11) is 0. The third-order valence-electron chi connectivity index (χ3n) is 1.27. The van der Waals surface area contributed by atoms with Gasteiger partial charge in [0.25, 0.3) is 0 Å². The Morgan fingerprint density at radius 2 is 2.15 bits per heavy atom. The summed E-state index contributed by atoms with van der Waals surface area (Å²) in [5.74, 6) is 0.697. The molecule has 0 fully saturated rings. The van der Waals surface area contributed by atoms with E-state index in [2.05, 4.69) is 22.6 Å². The number of rotatable bonds is 3. The van der Waals surface area contributed by atoms with Gasteiger partial charge in [-0.1, -0.05) is 11.6 Å². The Morgan fingerprint density at radius 1 is 1.46 bits per heavy atom. The van der Waals surface area contributed by atoms with Gasteiger partial charge in [-0.05, 0) is 40.8 Å². The average Bonchev–Trinajstić information content (AvgIpc) is 2.03. The Morgan fingerprint density at radius 3 is 2.69 bits per heavy atom. The number of benzene rings is 1. The number of hydrogen-bond donors (Lipinski definition) is 1. The second kappa shape index (κ2) is 6.70. The van der Waals surface area contributed by atoms with Gasteiger partial charge in [-0.3, -0.25) is 0 Å². The van der Waals surface area contributed by atoms with Gasteiger partial charge >= 0.3 is 0 Å². The molecule has 0 aromatic heterocycles. The lowest BCUT2D eigenvalue weighted by molar-refractivity contribution is 0.328. The van der Waals surface area contributed by atoms with E-state index in [1.165, 1.54) is 0 Å². The van der Waals surface area contributed by atoms with Crippen LogP contribution in [-0.4, -0.2) is 13.2 Å². The molecular formula is C8H10Cl2INO. The highest BCUT2D eigenvalue weighted by atomic mass is 127. The summed E-state index contributed by atoms with van der Waals surface area (Å²) in [5, 5.41) is 0.635. The Labute approximate surface area is 102 Å². The van der Waals surface area contributed by atoms with E-state index in [1.807, 2.05) is 18.2 Å². The molecule has 0 amide bonds. The molecule has 0 aliphatic carbocycles. The number of nitrogens with two attached hydrogens (primary N) is 1. The fourth-order valence-corrected chi connectivity index (χ4v) is 1.67. The highest BCUT2D eigenvalue weighted by Crippen LogP contribution is 2.25. The van der Waals surface area contributed by atoms with E-state index in [0.717, 1.165) is 3.57 Å². The van der Waals surface area contributed by atoms with Gasteiger partial charge in [0.15, 0.2) is 0 Å². The molecule has 5 heteroatoms. The summed E-state index contributed by atoms with van der Waals surface area (Å²) in [4.78, 5) is 0. The molecule has 0 saturated heterocycles. The van der Waals surface area contributed by atoms with Crippen LogP contribution in [0.25, 0.3) is 0 Å². The summed E-state index contributed by atoms with van der Waals surface area (Å²) in [6.07, 6.45) is 0. The van der Waals surface area contributed by atoms with Crippen molar-refractivity contribution in [1.29, 1.82) is 0 Å². The van der Waals surface area contributed by atoms with Crippen molar-refractivity contribution in [2.24, 2.45) is 5.73 Å². The topological polar surface area (TPSA) is 35.2 Å². The summed E-state index contributed by atoms with van der Waals surface area (Å²) in [6.45, 7) is 1.00. The van der Waals surface area contributed by atoms with Gasteiger partial charge < -0.3 is 10.5 Å². The predicted octanol–water partition coefficient (Wildman–Crippen LogP) is 2.70. The van der Waals surface area contributed by atoms with Gasteiger partial charge in [0.05, 0.1) is 5.02 Å². The van der Waals surface area contributed by atoms with Gasteiger partial charge in [-0.25, -0.2) is 0 Å². The molecule has 0 spiro atoms. The molecule has 2 N–H and O–H groups in total. The van der Waals surface area contributed by atoms with Crippen LogP contribution in [-0.2, 0) is 0 Å². The van der Waals surface area contributed by atoms with E-state index in [1.54, 1.807) is 0 Å². The maximum Gasteiger partial charge on any atom is 0.138 e. The van der Waals surface area contributed by atoms with Crippen LogP contribution in [0.3, 0.4) is 0 Å². The van der Waals surface area contributed by atoms with Crippen LogP contribution in [0, 0.1) is 3.57 Å². The Hall–Kier alpha value is 0.290. The predicted molar refractivity (Wildman–Crippen MR) is 66.0 cm³/mol. The van der Waals surface area contributed by atoms with Crippen LogP contribution in [0.2, 0.25) is 5.02 Å². The van der Waals surface area contributed by atoms with E-state index < -0.39 is 0 Å². The lowest BCUT2D eigenvalue weighted by atomic mass is 10.3. The van der Waals surface area contributed by atoms with Crippen molar-refractivity contribution in [1.82, 2.24) is 0 Å². The fraction of sp³-hybridized carbons (Fsp3) is 0.250. The SMILES string of the molecule is Cl.NCCOc1ccc(I)cc1Cl. The molecule has 1 aromatic rings. The largest absolute Gasteiger partial charge is 0.491 e. The Balaban J connectivity index is 0.00000144. The third-order valence-corrected chi connectivity index (χ3v) is 2.24. The zero-order valence-corrected chi connectivity index (χ0v) is 10.5. The highest BCUT2D eigenvalue weighted by Gasteiger charge is 2.00. The van der Waals surface area contributed by atoms with Gasteiger partial charge in [0.2, 0.25) is 0 Å². The molecule has 0 atom stereocenters. The van der Waals surface area contributed by atoms with Gasteiger partial charge in [-0.15, -0.1) is 12.4 Å². The first kappa shape index (κ1) is 13.3. The first-order valence-electron chi connectivity index (χ1n) is 3.52. The van der Waals surface area contributed by atoms with E-state index in [9.17, 15) is 0 Å². The smallest absolute Gasteiger partial charge is 0.138 e. The quantitative estimate of drug-likeness (QED) is 0.863. The minimum Gasteiger partial charge on any atom is -0.491 e. The number of ether oxygens (including phenoxy) is 1. The maximum absolute atomic E-state index is 5.89. The zero-order chi connectivity index (χ0) is 8.97. The maximum atomic E-state index is 5.89. The molecule has 0 radical (unpaired) electrons. The number of hydrogen-bond acceptors (Lipinski definition) is 2. The first-order valence-corrected chi connectivity index (χ1v) is 4.97. The molecular weight excluding hydrogens is 324 g/mol. The van der Waals surface area contributed by atoms with Crippen LogP contribution in [0.15, 0.2) is 18.2 Å². The fourth-order valence-electron chi connectivity index (χ4n) is 0.761. The molecule has 0 saturated carbocycles. The van der Waals surface area contributed by atoms with Crippen LogP contribution >= 0.6 is 46.6 Å². The van der Waals surface area contributed by atoms with E-state index >= 15 is 0 Å². The second-order valence-corrected chi connectivity index (χ2v) is 3.86. The van der Waals surface area contributed by atoms with Crippen molar-refractivity contribution in [3.05, 3.63) is 26.8 Å². The Kier molecular flexibility index (Phi) is 6.85. The van der Waals surface area contributed by atoms with Crippen LogP contribution in [0.1, 0.15) is 0 Å². The van der Waals surface area contributed by atoms with Crippen LogP contribution < -0.4 is 10.5 Å². The molecule has 1 rings (SSSR count). The monoisotopic (exact) mass is 333 g/mol. The van der Waals surface area contributed by atoms with E-state index in [4.69, 9.17) is 22.1 Å². The minimum absolute atomic E-state index is 0. The Bertz CT molecular complexity index is 270. The molecule has 0 unspecified atom stereocenters. The molecule has 0 aliphatic heterocycles. The van der Waals surface area contributed by atoms with Crippen molar-refractivity contribution < 1.29 is 4.74 Å². The van der Waals surface area contributed by atoms with Crippen molar-refractivity contribution >= 4 is 46.6 Å². The second-order valence-electron chi connectivity index (χ2n) is 2.21. The summed E-state index contributed by atoms with van der Waals surface area (Å²) in [5.41, 5.74) is 5.29. The molecule has 74 valence electrons. The summed E-state index contributed by atoms with van der Waals surface area (Å²) < 4.78 is 6.38. The van der Waals surface area contributed by atoms with Crippen molar-refractivity contribution in [3.8, 4) is 5.75 Å². The highest BCUT2D eigenvalue weighted by molar-refractivity contribution is 14.1. The first-order chi connectivity index (χ1) is 5.74. The standard InChI is InChI=1S/C8H9ClINO.ClH/c9-7-5-6(10)1-2-8(7)12-4-3-11;/h1-2,5H,3-4,11H2;1H. The normalized spacial score (nSPS) is 9.15. The van der Waals surface area contributed by atoms with Gasteiger partial charge in [0.1, 0.15) is 12.4 Å². The molecule has 1 aromatic carbocycles. The lowest BCUT2D eigenvalue weighted by Gasteiger charge is -2.05. The van der Waals surface area contributed by atoms with Crippen molar-refractivity contribution in [2.75, 3.05) is 13.2 Å². The van der Waals surface area contributed by atoms with E-state index in [0.29, 0.717) is 23.9 Å². The zero-order valence-electron chi connectivity index (χ0n) is 6.80. The summed E-state index contributed by atoms with van der Waals surface area (Å²) >= 11 is 8.09. The molecule has 2 nitrogen and oxygen atoms in total. The summed E-state index contributed by atoms with van der Waals surface area (Å²) in [6, 6.07) is 5.64. The van der Waals surface area contributed by atoms with Crippen molar-refractivity contribution in [2.45, 2.75) is 0 Å².